The average molecular weight is 173 g/mol. The summed E-state index contributed by atoms with van der Waals surface area (Å²) in [5.74, 6) is -0.476. The summed E-state index contributed by atoms with van der Waals surface area (Å²) in [5, 5.41) is 0. The van der Waals surface area contributed by atoms with Crippen LogP contribution < -0.4 is 5.73 Å². The maximum absolute atomic E-state index is 10.9. The number of nitrogens with two attached hydrogens (primary N) is 1. The predicted molar refractivity (Wildman–Crippen MR) is 43.5 cm³/mol. The molecule has 0 saturated carbocycles. The third kappa shape index (κ3) is 2.46. The molecule has 70 valence electrons. The highest BCUT2D eigenvalue weighted by Gasteiger charge is 2.23. The molecule has 12 heavy (non-hydrogen) atoms. The standard InChI is InChI=1S/C8H15NO3/c1-11-7-2-3-12-5-6(4-7)8(9)10/h6-7H,2-5H2,1H3,(H2,9,10)/t6-,7+/m1/s1. The number of carbonyl (C=O) groups excluding carboxylic acids is 1. The number of primary amides is 1. The molecule has 1 rings (SSSR count). The molecule has 2 N–H and O–H groups in total. The first-order valence-corrected chi connectivity index (χ1v) is 4.14. The predicted octanol–water partition coefficient (Wildman–Crippen LogP) is -0.0867. The lowest BCUT2D eigenvalue weighted by atomic mass is 10.0. The van der Waals surface area contributed by atoms with Crippen molar-refractivity contribution in [3.63, 3.8) is 0 Å². The molecule has 1 fully saturated rings. The topological polar surface area (TPSA) is 61.6 Å². The Morgan fingerprint density at radius 2 is 2.42 bits per heavy atom. The monoisotopic (exact) mass is 173 g/mol. The third-order valence-electron chi connectivity index (χ3n) is 2.19. The third-order valence-corrected chi connectivity index (χ3v) is 2.19. The van der Waals surface area contributed by atoms with Crippen LogP contribution in [0.25, 0.3) is 0 Å². The van der Waals surface area contributed by atoms with Crippen molar-refractivity contribution in [1.29, 1.82) is 0 Å². The van der Waals surface area contributed by atoms with Gasteiger partial charge in [-0.1, -0.05) is 0 Å². The zero-order chi connectivity index (χ0) is 8.97. The maximum Gasteiger partial charge on any atom is 0.222 e. The van der Waals surface area contributed by atoms with Crippen molar-refractivity contribution in [3.8, 4) is 0 Å². The van der Waals surface area contributed by atoms with Crippen molar-refractivity contribution in [3.05, 3.63) is 0 Å². The Balaban J connectivity index is 2.47. The lowest BCUT2D eigenvalue weighted by molar-refractivity contribution is -0.124. The van der Waals surface area contributed by atoms with Crippen LogP contribution in [0.4, 0.5) is 0 Å². The molecule has 1 amide bonds. The molecular formula is C8H15NO3. The Labute approximate surface area is 72.0 Å². The van der Waals surface area contributed by atoms with Gasteiger partial charge in [-0.2, -0.15) is 0 Å². The van der Waals surface area contributed by atoms with E-state index in [1.54, 1.807) is 7.11 Å². The molecule has 0 aromatic rings. The zero-order valence-electron chi connectivity index (χ0n) is 7.29. The second kappa shape index (κ2) is 4.42. The molecular weight excluding hydrogens is 158 g/mol. The summed E-state index contributed by atoms with van der Waals surface area (Å²) in [6.45, 7) is 1.09. The molecule has 0 aliphatic carbocycles. The van der Waals surface area contributed by atoms with Crippen LogP contribution in [-0.2, 0) is 14.3 Å². The second-order valence-electron chi connectivity index (χ2n) is 3.06. The van der Waals surface area contributed by atoms with E-state index < -0.39 is 0 Å². The van der Waals surface area contributed by atoms with Gasteiger partial charge in [-0.25, -0.2) is 0 Å². The summed E-state index contributed by atoms with van der Waals surface area (Å²) < 4.78 is 10.4. The van der Waals surface area contributed by atoms with E-state index in [1.165, 1.54) is 0 Å². The molecule has 1 saturated heterocycles. The Bertz CT molecular complexity index is 160. The maximum atomic E-state index is 10.9. The molecule has 1 aliphatic rings. The summed E-state index contributed by atoms with van der Waals surface area (Å²) in [6, 6.07) is 0. The van der Waals surface area contributed by atoms with Crippen molar-refractivity contribution in [2.24, 2.45) is 11.7 Å². The van der Waals surface area contributed by atoms with Gasteiger partial charge in [-0.3, -0.25) is 4.79 Å². The minimum Gasteiger partial charge on any atom is -0.381 e. The molecule has 4 nitrogen and oxygen atoms in total. The fourth-order valence-electron chi connectivity index (χ4n) is 1.36. The molecule has 4 heteroatoms. The molecule has 0 radical (unpaired) electrons. The number of hydrogen-bond acceptors (Lipinski definition) is 3. The van der Waals surface area contributed by atoms with Crippen LogP contribution in [0.2, 0.25) is 0 Å². The van der Waals surface area contributed by atoms with Gasteiger partial charge in [0.05, 0.1) is 18.6 Å². The van der Waals surface area contributed by atoms with Gasteiger partial charge in [-0.15, -0.1) is 0 Å². The van der Waals surface area contributed by atoms with E-state index in [9.17, 15) is 4.79 Å². The number of ether oxygens (including phenoxy) is 2. The average Bonchev–Trinajstić information content (AvgIpc) is 2.28. The van der Waals surface area contributed by atoms with E-state index >= 15 is 0 Å². The molecule has 0 unspecified atom stereocenters. The Morgan fingerprint density at radius 3 is 3.00 bits per heavy atom. The molecule has 2 atom stereocenters. The van der Waals surface area contributed by atoms with Gasteiger partial charge in [0.25, 0.3) is 0 Å². The van der Waals surface area contributed by atoms with Crippen molar-refractivity contribution >= 4 is 5.91 Å². The van der Waals surface area contributed by atoms with Crippen molar-refractivity contribution in [2.45, 2.75) is 18.9 Å². The number of carbonyl (C=O) groups is 1. The van der Waals surface area contributed by atoms with Gasteiger partial charge >= 0.3 is 0 Å². The number of rotatable bonds is 2. The fraction of sp³-hybridized carbons (Fsp3) is 0.875. The summed E-state index contributed by atoms with van der Waals surface area (Å²) >= 11 is 0. The molecule has 0 aromatic carbocycles. The number of hydrogen-bond donors (Lipinski definition) is 1. The SMILES string of the molecule is CO[C@H]1CCOC[C@H](C(N)=O)C1. The lowest BCUT2D eigenvalue weighted by Crippen LogP contribution is -2.29. The molecule has 0 spiro atoms. The summed E-state index contributed by atoms with van der Waals surface area (Å²) in [7, 11) is 1.65. The van der Waals surface area contributed by atoms with Crippen LogP contribution in [-0.4, -0.2) is 32.3 Å². The van der Waals surface area contributed by atoms with Gasteiger partial charge < -0.3 is 15.2 Å². The zero-order valence-corrected chi connectivity index (χ0v) is 7.29. The highest BCUT2D eigenvalue weighted by atomic mass is 16.5. The number of amides is 1. The van der Waals surface area contributed by atoms with Gasteiger partial charge in [0.1, 0.15) is 0 Å². The van der Waals surface area contributed by atoms with Crippen LogP contribution in [0, 0.1) is 5.92 Å². The summed E-state index contributed by atoms with van der Waals surface area (Å²) in [4.78, 5) is 10.9. The van der Waals surface area contributed by atoms with Crippen LogP contribution in [0.1, 0.15) is 12.8 Å². The first-order valence-electron chi connectivity index (χ1n) is 4.14. The van der Waals surface area contributed by atoms with Crippen molar-refractivity contribution < 1.29 is 14.3 Å². The molecule has 1 heterocycles. The molecule has 0 aromatic heterocycles. The minimum atomic E-state index is -0.293. The van der Waals surface area contributed by atoms with E-state index in [0.717, 1.165) is 6.42 Å². The summed E-state index contributed by atoms with van der Waals surface area (Å²) in [5.41, 5.74) is 5.18. The first kappa shape index (κ1) is 9.48. The van der Waals surface area contributed by atoms with Gasteiger partial charge in [0.15, 0.2) is 0 Å². The number of methoxy groups -OCH3 is 1. The van der Waals surface area contributed by atoms with Crippen LogP contribution in [0.5, 0.6) is 0 Å². The van der Waals surface area contributed by atoms with Gasteiger partial charge in [0, 0.05) is 13.7 Å². The first-order chi connectivity index (χ1) is 5.74. The van der Waals surface area contributed by atoms with E-state index in [0.29, 0.717) is 19.6 Å². The second-order valence-corrected chi connectivity index (χ2v) is 3.06. The highest BCUT2D eigenvalue weighted by Crippen LogP contribution is 2.16. The normalized spacial score (nSPS) is 31.1. The van der Waals surface area contributed by atoms with Gasteiger partial charge in [0.2, 0.25) is 5.91 Å². The van der Waals surface area contributed by atoms with Crippen LogP contribution in [0.3, 0.4) is 0 Å². The quantitative estimate of drug-likeness (QED) is 0.635. The largest absolute Gasteiger partial charge is 0.381 e. The summed E-state index contributed by atoms with van der Waals surface area (Å²) in [6.07, 6.45) is 1.65. The fourth-order valence-corrected chi connectivity index (χ4v) is 1.36. The van der Waals surface area contributed by atoms with Crippen molar-refractivity contribution in [2.75, 3.05) is 20.3 Å². The highest BCUT2D eigenvalue weighted by molar-refractivity contribution is 5.76. The van der Waals surface area contributed by atoms with E-state index in [1.807, 2.05) is 0 Å². The molecule has 1 aliphatic heterocycles. The van der Waals surface area contributed by atoms with Crippen LogP contribution in [0.15, 0.2) is 0 Å². The van der Waals surface area contributed by atoms with Crippen LogP contribution >= 0.6 is 0 Å². The Hall–Kier alpha value is -0.610. The lowest BCUT2D eigenvalue weighted by Gasteiger charge is -2.14. The van der Waals surface area contributed by atoms with E-state index in [-0.39, 0.29) is 17.9 Å². The smallest absolute Gasteiger partial charge is 0.222 e. The van der Waals surface area contributed by atoms with E-state index in [2.05, 4.69) is 0 Å². The molecule has 0 bridgehead atoms. The Morgan fingerprint density at radius 1 is 1.67 bits per heavy atom. The Kier molecular flexibility index (Phi) is 3.49. The van der Waals surface area contributed by atoms with E-state index in [4.69, 9.17) is 15.2 Å². The van der Waals surface area contributed by atoms with Crippen molar-refractivity contribution in [1.82, 2.24) is 0 Å². The minimum absolute atomic E-state index is 0.116. The van der Waals surface area contributed by atoms with Gasteiger partial charge in [-0.05, 0) is 12.8 Å².